The largest absolute Gasteiger partial charge is 0.302 e. The van der Waals surface area contributed by atoms with Crippen molar-refractivity contribution in [3.63, 3.8) is 0 Å². The molecule has 11 heavy (non-hydrogen) atoms. The van der Waals surface area contributed by atoms with Gasteiger partial charge in [-0.2, -0.15) is 0 Å². The van der Waals surface area contributed by atoms with Crippen LogP contribution in [-0.2, 0) is 0 Å². The first-order valence-electron chi connectivity index (χ1n) is 3.04. The molecule has 0 radical (unpaired) electrons. The van der Waals surface area contributed by atoms with E-state index >= 15 is 0 Å². The van der Waals surface area contributed by atoms with Gasteiger partial charge < -0.3 is 4.40 Å². The second-order valence-corrected chi connectivity index (χ2v) is 2.60. The average Bonchev–Trinajstić information content (AvgIpc) is 2.34. The monoisotopic (exact) mass is 170 g/mol. The van der Waals surface area contributed by atoms with Crippen LogP contribution in [0.4, 0.5) is 4.39 Å². The number of pyridine rings is 1. The molecular weight excluding hydrogens is 167 g/mol. The third kappa shape index (κ3) is 0.973. The minimum absolute atomic E-state index is 0.361. The Hall–Kier alpha value is -1.09. The number of aromatic nitrogens is 2. The molecule has 0 bridgehead atoms. The summed E-state index contributed by atoms with van der Waals surface area (Å²) in [6.07, 6.45) is 4.42. The molecule has 2 aromatic rings. The maximum atomic E-state index is 12.6. The molecule has 0 atom stereocenters. The fraction of sp³-hybridized carbons (Fsp3) is 0. The first-order valence-corrected chi connectivity index (χ1v) is 3.42. The Balaban J connectivity index is 2.91. The van der Waals surface area contributed by atoms with Gasteiger partial charge in [0.2, 0.25) is 0 Å². The topological polar surface area (TPSA) is 17.3 Å². The molecule has 0 saturated heterocycles. The molecule has 56 valence electrons. The molecule has 2 rings (SSSR count). The van der Waals surface area contributed by atoms with Gasteiger partial charge in [-0.3, -0.25) is 0 Å². The highest BCUT2D eigenvalue weighted by molar-refractivity contribution is 6.33. The summed E-state index contributed by atoms with van der Waals surface area (Å²) in [6.45, 7) is 0. The van der Waals surface area contributed by atoms with Crippen molar-refractivity contribution in [1.29, 1.82) is 0 Å². The lowest BCUT2D eigenvalue weighted by atomic mass is 10.4. The molecule has 0 N–H and O–H groups in total. The zero-order chi connectivity index (χ0) is 7.84. The predicted octanol–water partition coefficient (Wildman–Crippen LogP) is 2.13. The minimum atomic E-state index is -0.361. The summed E-state index contributed by atoms with van der Waals surface area (Å²) in [6, 6.07) is 1.26. The summed E-state index contributed by atoms with van der Waals surface area (Å²) in [7, 11) is 0. The van der Waals surface area contributed by atoms with Crippen molar-refractivity contribution < 1.29 is 4.39 Å². The van der Waals surface area contributed by atoms with E-state index in [2.05, 4.69) is 4.98 Å². The highest BCUT2D eigenvalue weighted by Gasteiger charge is 2.00. The molecule has 0 aliphatic carbocycles. The highest BCUT2D eigenvalue weighted by Crippen LogP contribution is 2.17. The molecule has 0 amide bonds. The lowest BCUT2D eigenvalue weighted by Gasteiger charge is -1.95. The van der Waals surface area contributed by atoms with Crippen molar-refractivity contribution in [2.24, 2.45) is 0 Å². The van der Waals surface area contributed by atoms with Crippen LogP contribution in [0.15, 0.2) is 24.8 Å². The average molecular weight is 171 g/mol. The number of fused-ring (bicyclic) bond motifs is 1. The number of nitrogens with zero attached hydrogens (tertiary/aromatic N) is 2. The van der Waals surface area contributed by atoms with E-state index in [1.165, 1.54) is 23.0 Å². The van der Waals surface area contributed by atoms with E-state index in [4.69, 9.17) is 11.6 Å². The van der Waals surface area contributed by atoms with Gasteiger partial charge in [0.1, 0.15) is 5.82 Å². The molecule has 0 aromatic carbocycles. The van der Waals surface area contributed by atoms with Crippen LogP contribution in [0.5, 0.6) is 0 Å². The summed E-state index contributed by atoms with van der Waals surface area (Å²) in [4.78, 5) is 3.82. The number of hydrogen-bond donors (Lipinski definition) is 0. The van der Waals surface area contributed by atoms with Crippen LogP contribution in [0.1, 0.15) is 0 Å². The molecule has 2 aromatic heterocycles. The maximum absolute atomic E-state index is 12.6. The van der Waals surface area contributed by atoms with Crippen LogP contribution in [0.2, 0.25) is 5.02 Å². The molecule has 0 aliphatic rings. The van der Waals surface area contributed by atoms with Crippen LogP contribution in [-0.4, -0.2) is 9.38 Å². The van der Waals surface area contributed by atoms with Crippen molar-refractivity contribution >= 4 is 17.1 Å². The van der Waals surface area contributed by atoms with Gasteiger partial charge in [0, 0.05) is 6.20 Å². The Kier molecular flexibility index (Phi) is 1.32. The highest BCUT2D eigenvalue weighted by atomic mass is 35.5. The van der Waals surface area contributed by atoms with Gasteiger partial charge in [-0.05, 0) is 6.07 Å². The second-order valence-electron chi connectivity index (χ2n) is 2.19. The van der Waals surface area contributed by atoms with Crippen molar-refractivity contribution in [2.45, 2.75) is 0 Å². The van der Waals surface area contributed by atoms with Gasteiger partial charge in [0.15, 0.2) is 0 Å². The van der Waals surface area contributed by atoms with Crippen molar-refractivity contribution in [2.75, 3.05) is 0 Å². The molecule has 2 nitrogen and oxygen atoms in total. The Morgan fingerprint density at radius 2 is 2.36 bits per heavy atom. The van der Waals surface area contributed by atoms with Crippen LogP contribution < -0.4 is 0 Å². The fourth-order valence-electron chi connectivity index (χ4n) is 0.958. The number of halogens is 2. The van der Waals surface area contributed by atoms with Gasteiger partial charge in [-0.25, -0.2) is 9.37 Å². The molecular formula is C7H4ClFN2. The minimum Gasteiger partial charge on any atom is -0.302 e. The van der Waals surface area contributed by atoms with Crippen LogP contribution in [0.3, 0.4) is 0 Å². The van der Waals surface area contributed by atoms with Crippen LogP contribution in [0, 0.1) is 5.82 Å². The molecule has 0 spiro atoms. The maximum Gasteiger partial charge on any atom is 0.141 e. The summed E-state index contributed by atoms with van der Waals surface area (Å²) < 4.78 is 14.2. The van der Waals surface area contributed by atoms with Crippen molar-refractivity contribution in [3.05, 3.63) is 35.6 Å². The zero-order valence-corrected chi connectivity index (χ0v) is 6.22. The third-order valence-corrected chi connectivity index (χ3v) is 1.74. The Morgan fingerprint density at radius 3 is 3.18 bits per heavy atom. The third-order valence-electron chi connectivity index (χ3n) is 1.44. The van der Waals surface area contributed by atoms with Gasteiger partial charge in [-0.15, -0.1) is 0 Å². The van der Waals surface area contributed by atoms with Gasteiger partial charge in [-0.1, -0.05) is 11.6 Å². The smallest absolute Gasteiger partial charge is 0.141 e. The number of hydrogen-bond acceptors (Lipinski definition) is 1. The lowest BCUT2D eigenvalue weighted by molar-refractivity contribution is 0.619. The fourth-order valence-corrected chi connectivity index (χ4v) is 1.21. The summed E-state index contributed by atoms with van der Waals surface area (Å²) in [5.74, 6) is -0.361. The van der Waals surface area contributed by atoms with E-state index in [9.17, 15) is 4.39 Å². The van der Waals surface area contributed by atoms with E-state index in [0.717, 1.165) is 0 Å². The van der Waals surface area contributed by atoms with Crippen LogP contribution in [0.25, 0.3) is 5.52 Å². The van der Waals surface area contributed by atoms with E-state index in [-0.39, 0.29) is 5.82 Å². The number of imidazole rings is 1. The van der Waals surface area contributed by atoms with Gasteiger partial charge in [0.05, 0.1) is 23.1 Å². The SMILES string of the molecule is Fc1cc(Cl)c2cncn2c1. The molecule has 0 unspecified atom stereocenters. The molecule has 4 heteroatoms. The zero-order valence-electron chi connectivity index (χ0n) is 5.46. The summed E-state index contributed by atoms with van der Waals surface area (Å²) in [5.41, 5.74) is 0.716. The lowest BCUT2D eigenvalue weighted by Crippen LogP contribution is -1.84. The molecule has 0 saturated carbocycles. The van der Waals surface area contributed by atoms with Gasteiger partial charge >= 0.3 is 0 Å². The van der Waals surface area contributed by atoms with Crippen LogP contribution >= 0.6 is 11.6 Å². The number of rotatable bonds is 0. The van der Waals surface area contributed by atoms with E-state index in [1.54, 1.807) is 6.20 Å². The quantitative estimate of drug-likeness (QED) is 0.592. The summed E-state index contributed by atoms with van der Waals surface area (Å²) in [5, 5.41) is 0.377. The summed E-state index contributed by atoms with van der Waals surface area (Å²) >= 11 is 5.70. The Morgan fingerprint density at radius 1 is 1.55 bits per heavy atom. The predicted molar refractivity (Wildman–Crippen MR) is 40.2 cm³/mol. The molecule has 2 heterocycles. The first kappa shape index (κ1) is 6.61. The van der Waals surface area contributed by atoms with E-state index in [1.807, 2.05) is 0 Å². The van der Waals surface area contributed by atoms with E-state index < -0.39 is 0 Å². The standard InChI is InChI=1S/C7H4ClFN2/c8-6-1-5(9)3-11-4-10-2-7(6)11/h1-4H. The molecule has 0 aliphatic heterocycles. The van der Waals surface area contributed by atoms with Crippen molar-refractivity contribution in [1.82, 2.24) is 9.38 Å². The Bertz CT molecular complexity index is 396. The second kappa shape index (κ2) is 2.20. The van der Waals surface area contributed by atoms with Gasteiger partial charge in [0.25, 0.3) is 0 Å². The van der Waals surface area contributed by atoms with Crippen molar-refractivity contribution in [3.8, 4) is 0 Å². The Labute approximate surface area is 67.2 Å². The molecule has 0 fully saturated rings. The van der Waals surface area contributed by atoms with E-state index in [0.29, 0.717) is 10.5 Å². The first-order chi connectivity index (χ1) is 5.27. The normalized spacial score (nSPS) is 10.7.